The minimum absolute atomic E-state index is 0.0199. The normalized spacial score (nSPS) is 15.4. The topological polar surface area (TPSA) is 102 Å². The lowest BCUT2D eigenvalue weighted by molar-refractivity contribution is -0.138. The highest BCUT2D eigenvalue weighted by atomic mass is 32.2. The summed E-state index contributed by atoms with van der Waals surface area (Å²) in [6.07, 6.45) is -0.530. The molecule has 2 heterocycles. The van der Waals surface area contributed by atoms with Crippen LogP contribution >= 0.6 is 23.1 Å². The lowest BCUT2D eigenvalue weighted by atomic mass is 10.2. The van der Waals surface area contributed by atoms with E-state index in [1.165, 1.54) is 23.1 Å². The van der Waals surface area contributed by atoms with Crippen LogP contribution in [0, 0.1) is 0 Å². The van der Waals surface area contributed by atoms with Crippen LogP contribution < -0.4 is 15.4 Å². The summed E-state index contributed by atoms with van der Waals surface area (Å²) >= 11 is 2.72. The Morgan fingerprint density at radius 1 is 1.22 bits per heavy atom. The average Bonchev–Trinajstić information content (AvgIpc) is 3.16. The molecule has 8 nitrogen and oxygen atoms in total. The van der Waals surface area contributed by atoms with Gasteiger partial charge in [0.25, 0.3) is 5.91 Å². The Hall–Kier alpha value is -2.33. The first-order chi connectivity index (χ1) is 13.0. The molecule has 1 aromatic heterocycles. The van der Waals surface area contributed by atoms with E-state index in [1.54, 1.807) is 6.92 Å². The molecule has 1 aromatic carbocycles. The highest BCUT2D eigenvalue weighted by molar-refractivity contribution is 8.01. The quantitative estimate of drug-likeness (QED) is 0.689. The third-order valence-corrected chi connectivity index (χ3v) is 6.14. The van der Waals surface area contributed by atoms with Crippen LogP contribution in [0.5, 0.6) is 5.75 Å². The van der Waals surface area contributed by atoms with Crippen molar-refractivity contribution < 1.29 is 14.3 Å². The molecule has 3 rings (SSSR count). The SMILES string of the molecule is CC(Oc1ccccc1)C(=O)N1CCN(c2nnc(SCC(N)=O)s2)CC1. The van der Waals surface area contributed by atoms with Gasteiger partial charge < -0.3 is 20.3 Å². The third kappa shape index (κ3) is 5.33. The number of hydrogen-bond donors (Lipinski definition) is 1. The number of carbonyl (C=O) groups is 2. The highest BCUT2D eigenvalue weighted by Crippen LogP contribution is 2.28. The number of nitrogens with zero attached hydrogens (tertiary/aromatic N) is 4. The lowest BCUT2D eigenvalue weighted by Gasteiger charge is -2.35. The highest BCUT2D eigenvalue weighted by Gasteiger charge is 2.27. The maximum Gasteiger partial charge on any atom is 0.263 e. The van der Waals surface area contributed by atoms with E-state index in [1.807, 2.05) is 35.2 Å². The van der Waals surface area contributed by atoms with E-state index in [-0.39, 0.29) is 17.6 Å². The number of aromatic nitrogens is 2. The smallest absolute Gasteiger partial charge is 0.263 e. The van der Waals surface area contributed by atoms with Gasteiger partial charge in [0.05, 0.1) is 5.75 Å². The first-order valence-corrected chi connectivity index (χ1v) is 10.3. The van der Waals surface area contributed by atoms with Gasteiger partial charge in [0.2, 0.25) is 11.0 Å². The van der Waals surface area contributed by atoms with Gasteiger partial charge >= 0.3 is 0 Å². The average molecular weight is 408 g/mol. The summed E-state index contributed by atoms with van der Waals surface area (Å²) in [5.74, 6) is 0.479. The lowest BCUT2D eigenvalue weighted by Crippen LogP contribution is -2.52. The molecule has 0 bridgehead atoms. The van der Waals surface area contributed by atoms with Crippen LogP contribution in [0.3, 0.4) is 0 Å². The van der Waals surface area contributed by atoms with Crippen LogP contribution in [0.15, 0.2) is 34.7 Å². The first-order valence-electron chi connectivity index (χ1n) is 8.53. The summed E-state index contributed by atoms with van der Waals surface area (Å²) in [6, 6.07) is 9.34. The number of nitrogens with two attached hydrogens (primary N) is 1. The molecular formula is C17H21N5O3S2. The van der Waals surface area contributed by atoms with Gasteiger partial charge in [-0.2, -0.15) is 0 Å². The Bertz CT molecular complexity index is 778. The molecule has 1 unspecified atom stereocenters. The summed E-state index contributed by atoms with van der Waals surface area (Å²) in [5.41, 5.74) is 5.15. The molecule has 27 heavy (non-hydrogen) atoms. The molecule has 1 aliphatic heterocycles. The number of primary amides is 1. The Morgan fingerprint density at radius 2 is 1.93 bits per heavy atom. The van der Waals surface area contributed by atoms with Crippen LogP contribution in [-0.4, -0.2) is 64.9 Å². The van der Waals surface area contributed by atoms with Gasteiger partial charge in [-0.05, 0) is 19.1 Å². The number of amides is 2. The van der Waals surface area contributed by atoms with E-state index in [0.29, 0.717) is 36.3 Å². The number of rotatable bonds is 7. The van der Waals surface area contributed by atoms with Crippen molar-refractivity contribution in [3.8, 4) is 5.75 Å². The van der Waals surface area contributed by atoms with Crippen LogP contribution in [0.2, 0.25) is 0 Å². The minimum atomic E-state index is -0.530. The van der Waals surface area contributed by atoms with E-state index in [2.05, 4.69) is 15.1 Å². The summed E-state index contributed by atoms with van der Waals surface area (Å²) in [7, 11) is 0. The van der Waals surface area contributed by atoms with Crippen molar-refractivity contribution in [3.63, 3.8) is 0 Å². The summed E-state index contributed by atoms with van der Waals surface area (Å²) in [6.45, 7) is 4.34. The number of carbonyl (C=O) groups excluding carboxylic acids is 2. The summed E-state index contributed by atoms with van der Waals surface area (Å²) in [4.78, 5) is 27.4. The van der Waals surface area contributed by atoms with Gasteiger partial charge in [0, 0.05) is 26.2 Å². The maximum absolute atomic E-state index is 12.6. The van der Waals surface area contributed by atoms with Crippen LogP contribution in [0.4, 0.5) is 5.13 Å². The van der Waals surface area contributed by atoms with E-state index in [9.17, 15) is 9.59 Å². The largest absolute Gasteiger partial charge is 0.481 e. The second-order valence-electron chi connectivity index (χ2n) is 5.99. The van der Waals surface area contributed by atoms with Crippen molar-refractivity contribution >= 4 is 40.0 Å². The van der Waals surface area contributed by atoms with Crippen molar-refractivity contribution in [2.75, 3.05) is 36.8 Å². The molecule has 10 heteroatoms. The Kier molecular flexibility index (Phi) is 6.51. The fourth-order valence-electron chi connectivity index (χ4n) is 2.65. The van der Waals surface area contributed by atoms with E-state index in [0.717, 1.165) is 5.13 Å². The van der Waals surface area contributed by atoms with Crippen LogP contribution in [-0.2, 0) is 9.59 Å². The molecule has 1 aliphatic rings. The molecule has 1 atom stereocenters. The minimum Gasteiger partial charge on any atom is -0.481 e. The van der Waals surface area contributed by atoms with Gasteiger partial charge in [-0.25, -0.2) is 0 Å². The number of piperazine rings is 1. The van der Waals surface area contributed by atoms with Crippen molar-refractivity contribution in [2.45, 2.75) is 17.4 Å². The van der Waals surface area contributed by atoms with E-state index in [4.69, 9.17) is 10.5 Å². The zero-order valence-electron chi connectivity index (χ0n) is 14.9. The molecule has 0 aliphatic carbocycles. The number of anilines is 1. The van der Waals surface area contributed by atoms with Gasteiger partial charge in [-0.15, -0.1) is 10.2 Å². The standard InChI is InChI=1S/C17H21N5O3S2/c1-12(25-13-5-3-2-4-6-13)15(24)21-7-9-22(10-8-21)16-19-20-17(27-16)26-11-14(18)23/h2-6,12H,7-11H2,1H3,(H2,18,23). The van der Waals surface area contributed by atoms with Crippen molar-refractivity contribution in [1.82, 2.24) is 15.1 Å². The Balaban J connectivity index is 1.49. The van der Waals surface area contributed by atoms with Gasteiger partial charge in [0.1, 0.15) is 5.75 Å². The van der Waals surface area contributed by atoms with Crippen molar-refractivity contribution in [2.24, 2.45) is 5.73 Å². The molecule has 2 amide bonds. The van der Waals surface area contributed by atoms with E-state index < -0.39 is 6.10 Å². The Morgan fingerprint density at radius 3 is 2.59 bits per heavy atom. The molecule has 2 N–H and O–H groups in total. The molecule has 0 spiro atoms. The first kappa shape index (κ1) is 19.4. The van der Waals surface area contributed by atoms with Crippen LogP contribution in [0.1, 0.15) is 6.92 Å². The predicted octanol–water partition coefficient (Wildman–Crippen LogP) is 1.23. The molecular weight excluding hydrogens is 386 g/mol. The molecule has 0 radical (unpaired) electrons. The van der Waals surface area contributed by atoms with Gasteiger partial charge in [-0.3, -0.25) is 9.59 Å². The van der Waals surface area contributed by atoms with Gasteiger partial charge in [-0.1, -0.05) is 41.3 Å². The fourth-order valence-corrected chi connectivity index (χ4v) is 4.28. The summed E-state index contributed by atoms with van der Waals surface area (Å²) < 4.78 is 6.44. The molecule has 1 saturated heterocycles. The second-order valence-corrected chi connectivity index (χ2v) is 8.17. The van der Waals surface area contributed by atoms with Crippen molar-refractivity contribution in [1.29, 1.82) is 0 Å². The zero-order chi connectivity index (χ0) is 19.2. The third-order valence-electron chi connectivity index (χ3n) is 4.00. The van der Waals surface area contributed by atoms with Crippen LogP contribution in [0.25, 0.3) is 0 Å². The number of thioether (sulfide) groups is 1. The van der Waals surface area contributed by atoms with Crippen molar-refractivity contribution in [3.05, 3.63) is 30.3 Å². The number of hydrogen-bond acceptors (Lipinski definition) is 8. The molecule has 0 saturated carbocycles. The maximum atomic E-state index is 12.6. The molecule has 1 fully saturated rings. The number of ether oxygens (including phenoxy) is 1. The zero-order valence-corrected chi connectivity index (χ0v) is 16.5. The molecule has 2 aromatic rings. The fraction of sp³-hybridized carbons (Fsp3) is 0.412. The van der Waals surface area contributed by atoms with Gasteiger partial charge in [0.15, 0.2) is 10.4 Å². The molecule has 144 valence electrons. The van der Waals surface area contributed by atoms with E-state index >= 15 is 0 Å². The Labute approximate surface area is 165 Å². The second kappa shape index (κ2) is 9.05. The predicted molar refractivity (Wildman–Crippen MR) is 105 cm³/mol. The number of para-hydroxylation sites is 1. The number of benzene rings is 1. The summed E-state index contributed by atoms with van der Waals surface area (Å²) in [5, 5.41) is 9.04. The monoisotopic (exact) mass is 407 g/mol.